The number of pyridine rings is 1. The second-order valence-corrected chi connectivity index (χ2v) is 3.61. The predicted molar refractivity (Wildman–Crippen MR) is 59.4 cm³/mol. The van der Waals surface area contributed by atoms with Crippen molar-refractivity contribution in [1.82, 2.24) is 4.98 Å². The van der Waals surface area contributed by atoms with Crippen LogP contribution < -0.4 is 0 Å². The van der Waals surface area contributed by atoms with E-state index in [0.29, 0.717) is 5.56 Å². The van der Waals surface area contributed by atoms with Crippen molar-refractivity contribution in [3.63, 3.8) is 0 Å². The average Bonchev–Trinajstić information content (AvgIpc) is 2.29. The maximum Gasteiger partial charge on any atom is 0.280 e. The lowest BCUT2D eigenvalue weighted by atomic mass is 10.0. The van der Waals surface area contributed by atoms with E-state index in [1.165, 1.54) is 6.20 Å². The molecule has 1 nitrogen and oxygen atoms in total. The summed E-state index contributed by atoms with van der Waals surface area (Å²) in [5, 5.41) is 0. The molecule has 0 aliphatic carbocycles. The van der Waals surface area contributed by atoms with E-state index in [0.717, 1.165) is 11.1 Å². The van der Waals surface area contributed by atoms with E-state index in [9.17, 15) is 8.78 Å². The van der Waals surface area contributed by atoms with Crippen LogP contribution in [0.1, 0.15) is 17.7 Å². The van der Waals surface area contributed by atoms with Gasteiger partial charge in [-0.15, -0.1) is 0 Å². The molecule has 1 aromatic heterocycles. The Bertz CT molecular complexity index is 495. The van der Waals surface area contributed by atoms with Crippen molar-refractivity contribution in [2.45, 2.75) is 13.3 Å². The van der Waals surface area contributed by atoms with Crippen molar-refractivity contribution in [2.24, 2.45) is 0 Å². The molecular formula is C13H11F2N. The predicted octanol–water partition coefficient (Wildman–Crippen LogP) is 3.99. The molecule has 0 bridgehead atoms. The molecule has 0 fully saturated rings. The van der Waals surface area contributed by atoms with Gasteiger partial charge < -0.3 is 0 Å². The second kappa shape index (κ2) is 4.39. The zero-order valence-electron chi connectivity index (χ0n) is 8.82. The molecule has 0 amide bonds. The fraction of sp³-hybridized carbons (Fsp3) is 0.154. The SMILES string of the molecule is Cc1cccc(-c2cccnc2C(F)F)c1. The maximum absolute atomic E-state index is 12.8. The molecule has 0 radical (unpaired) electrons. The van der Waals surface area contributed by atoms with Crippen LogP contribution in [0.15, 0.2) is 42.6 Å². The number of hydrogen-bond acceptors (Lipinski definition) is 1. The first-order valence-electron chi connectivity index (χ1n) is 4.98. The summed E-state index contributed by atoms with van der Waals surface area (Å²) in [4.78, 5) is 3.73. The zero-order chi connectivity index (χ0) is 11.5. The Balaban J connectivity index is 2.55. The largest absolute Gasteiger partial charge is 0.280 e. The fourth-order valence-electron chi connectivity index (χ4n) is 1.65. The van der Waals surface area contributed by atoms with Crippen molar-refractivity contribution in [3.05, 3.63) is 53.9 Å². The third-order valence-corrected chi connectivity index (χ3v) is 2.37. The van der Waals surface area contributed by atoms with Crippen LogP contribution in [0, 0.1) is 6.92 Å². The van der Waals surface area contributed by atoms with Crippen molar-refractivity contribution in [3.8, 4) is 11.1 Å². The summed E-state index contributed by atoms with van der Waals surface area (Å²) in [5.41, 5.74) is 2.17. The van der Waals surface area contributed by atoms with Gasteiger partial charge in [0, 0.05) is 11.8 Å². The molecule has 0 unspecified atom stereocenters. The molecule has 16 heavy (non-hydrogen) atoms. The molecule has 0 N–H and O–H groups in total. The first kappa shape index (κ1) is 10.7. The number of aryl methyl sites for hydroxylation is 1. The molecule has 0 aliphatic rings. The minimum Gasteiger partial charge on any atom is -0.255 e. The molecule has 1 heterocycles. The normalized spacial score (nSPS) is 10.8. The standard InChI is InChI=1S/C13H11F2N/c1-9-4-2-5-10(8-9)11-6-3-7-16-12(11)13(14)15/h2-8,13H,1H3. The van der Waals surface area contributed by atoms with Crippen LogP contribution in [-0.2, 0) is 0 Å². The summed E-state index contributed by atoms with van der Waals surface area (Å²) < 4.78 is 25.5. The highest BCUT2D eigenvalue weighted by Gasteiger charge is 2.14. The Labute approximate surface area is 92.8 Å². The number of halogens is 2. The van der Waals surface area contributed by atoms with Gasteiger partial charge in [0.05, 0.1) is 0 Å². The highest BCUT2D eigenvalue weighted by Crippen LogP contribution is 2.29. The van der Waals surface area contributed by atoms with Crippen LogP contribution in [0.3, 0.4) is 0 Å². The molecule has 2 rings (SSSR count). The third kappa shape index (κ3) is 2.08. The van der Waals surface area contributed by atoms with Gasteiger partial charge in [-0.1, -0.05) is 35.9 Å². The third-order valence-electron chi connectivity index (χ3n) is 2.37. The molecule has 0 saturated heterocycles. The Hall–Kier alpha value is -1.77. The van der Waals surface area contributed by atoms with E-state index >= 15 is 0 Å². The smallest absolute Gasteiger partial charge is 0.255 e. The van der Waals surface area contributed by atoms with Gasteiger partial charge in [0.2, 0.25) is 0 Å². The number of benzene rings is 1. The van der Waals surface area contributed by atoms with Gasteiger partial charge in [-0.05, 0) is 18.6 Å². The number of aromatic nitrogens is 1. The highest BCUT2D eigenvalue weighted by atomic mass is 19.3. The molecule has 0 spiro atoms. The summed E-state index contributed by atoms with van der Waals surface area (Å²) in [6.45, 7) is 1.93. The highest BCUT2D eigenvalue weighted by molar-refractivity contribution is 5.66. The van der Waals surface area contributed by atoms with Crippen LogP contribution in [0.2, 0.25) is 0 Å². The molecule has 1 aromatic carbocycles. The molecule has 0 saturated carbocycles. The number of rotatable bonds is 2. The molecular weight excluding hydrogens is 208 g/mol. The second-order valence-electron chi connectivity index (χ2n) is 3.61. The first-order chi connectivity index (χ1) is 7.68. The Morgan fingerprint density at radius 3 is 2.62 bits per heavy atom. The number of nitrogens with zero attached hydrogens (tertiary/aromatic N) is 1. The lowest BCUT2D eigenvalue weighted by Gasteiger charge is -2.08. The molecule has 0 aliphatic heterocycles. The summed E-state index contributed by atoms with van der Waals surface area (Å²) in [7, 11) is 0. The minimum absolute atomic E-state index is 0.159. The average molecular weight is 219 g/mol. The number of hydrogen-bond donors (Lipinski definition) is 0. The summed E-state index contributed by atoms with van der Waals surface area (Å²) >= 11 is 0. The van der Waals surface area contributed by atoms with Gasteiger partial charge in [0.25, 0.3) is 6.43 Å². The van der Waals surface area contributed by atoms with E-state index in [2.05, 4.69) is 4.98 Å². The van der Waals surface area contributed by atoms with Crippen LogP contribution >= 0.6 is 0 Å². The molecule has 3 heteroatoms. The zero-order valence-corrected chi connectivity index (χ0v) is 8.82. The fourth-order valence-corrected chi connectivity index (χ4v) is 1.65. The van der Waals surface area contributed by atoms with Gasteiger partial charge in [-0.2, -0.15) is 0 Å². The van der Waals surface area contributed by atoms with Gasteiger partial charge in [0.1, 0.15) is 5.69 Å². The van der Waals surface area contributed by atoms with Gasteiger partial charge in [-0.25, -0.2) is 8.78 Å². The maximum atomic E-state index is 12.8. The van der Waals surface area contributed by atoms with Crippen molar-refractivity contribution in [2.75, 3.05) is 0 Å². The van der Waals surface area contributed by atoms with Crippen LogP contribution in [-0.4, -0.2) is 4.98 Å². The van der Waals surface area contributed by atoms with Gasteiger partial charge in [-0.3, -0.25) is 4.98 Å². The Morgan fingerprint density at radius 2 is 1.94 bits per heavy atom. The molecule has 82 valence electrons. The Morgan fingerprint density at radius 1 is 1.12 bits per heavy atom. The quantitative estimate of drug-likeness (QED) is 0.744. The monoisotopic (exact) mass is 219 g/mol. The van der Waals surface area contributed by atoms with E-state index in [1.54, 1.807) is 12.1 Å². The van der Waals surface area contributed by atoms with Crippen molar-refractivity contribution < 1.29 is 8.78 Å². The van der Waals surface area contributed by atoms with Crippen molar-refractivity contribution >= 4 is 0 Å². The lowest BCUT2D eigenvalue weighted by molar-refractivity contribution is 0.147. The Kier molecular flexibility index (Phi) is 2.95. The van der Waals surface area contributed by atoms with E-state index in [1.807, 2.05) is 31.2 Å². The van der Waals surface area contributed by atoms with Crippen LogP contribution in [0.5, 0.6) is 0 Å². The molecule has 0 atom stereocenters. The van der Waals surface area contributed by atoms with Gasteiger partial charge in [0.15, 0.2) is 0 Å². The number of alkyl halides is 2. The van der Waals surface area contributed by atoms with Crippen molar-refractivity contribution in [1.29, 1.82) is 0 Å². The topological polar surface area (TPSA) is 12.9 Å². The van der Waals surface area contributed by atoms with E-state index < -0.39 is 6.43 Å². The summed E-state index contributed by atoms with van der Waals surface area (Å²) in [5.74, 6) is 0. The summed E-state index contributed by atoms with van der Waals surface area (Å²) in [6, 6.07) is 10.8. The first-order valence-corrected chi connectivity index (χ1v) is 4.98. The minimum atomic E-state index is -2.54. The molecule has 2 aromatic rings. The van der Waals surface area contributed by atoms with Crippen LogP contribution in [0.4, 0.5) is 8.78 Å². The lowest BCUT2D eigenvalue weighted by Crippen LogP contribution is -1.94. The van der Waals surface area contributed by atoms with Gasteiger partial charge >= 0.3 is 0 Å². The van der Waals surface area contributed by atoms with E-state index in [4.69, 9.17) is 0 Å². The summed E-state index contributed by atoms with van der Waals surface area (Å²) in [6.07, 6.45) is -1.16. The van der Waals surface area contributed by atoms with Crippen LogP contribution in [0.25, 0.3) is 11.1 Å². The van der Waals surface area contributed by atoms with E-state index in [-0.39, 0.29) is 5.69 Å².